The lowest BCUT2D eigenvalue weighted by Gasteiger charge is -2.06. The van der Waals surface area contributed by atoms with Crippen molar-refractivity contribution in [2.75, 3.05) is 59.1 Å². The van der Waals surface area contributed by atoms with Crippen molar-refractivity contribution in [2.24, 2.45) is 0 Å². The van der Waals surface area contributed by atoms with Crippen molar-refractivity contribution in [3.8, 4) is 0 Å². The lowest BCUT2D eigenvalue weighted by molar-refractivity contribution is -0.144. The van der Waals surface area contributed by atoms with Crippen molar-refractivity contribution in [2.45, 2.75) is 13.3 Å². The number of esters is 1. The van der Waals surface area contributed by atoms with E-state index in [0.29, 0.717) is 39.6 Å². The molecule has 0 spiro atoms. The molecule has 0 amide bonds. The van der Waals surface area contributed by atoms with E-state index >= 15 is 0 Å². The fraction of sp³-hybridized carbons (Fsp3) is 0.917. The van der Waals surface area contributed by atoms with Crippen LogP contribution in [0, 0.1) is 0 Å². The van der Waals surface area contributed by atoms with Crippen LogP contribution in [0.5, 0.6) is 0 Å². The van der Waals surface area contributed by atoms with Crippen LogP contribution in [0.25, 0.3) is 0 Å². The molecule has 21 heavy (non-hydrogen) atoms. The summed E-state index contributed by atoms with van der Waals surface area (Å²) in [6.07, 6.45) is 1.22. The van der Waals surface area contributed by atoms with Gasteiger partial charge in [0.2, 0.25) is 0 Å². The third kappa shape index (κ3) is 17.2. The standard InChI is InChI=1S/C12H24O8S/c1-3-19-12(13)4-5-16-6-7-17-8-9-18-10-11-20-21(2,14)15/h3-11H2,1-2H3. The highest BCUT2D eigenvalue weighted by atomic mass is 32.2. The topological polar surface area (TPSA) is 97.4 Å². The summed E-state index contributed by atoms with van der Waals surface area (Å²) in [4.78, 5) is 11.0. The van der Waals surface area contributed by atoms with Crippen LogP contribution in [0.15, 0.2) is 0 Å². The van der Waals surface area contributed by atoms with Crippen LogP contribution in [-0.2, 0) is 38.0 Å². The van der Waals surface area contributed by atoms with Gasteiger partial charge in [0.05, 0.1) is 65.5 Å². The van der Waals surface area contributed by atoms with Crippen LogP contribution < -0.4 is 0 Å². The molecule has 0 aromatic heterocycles. The Hall–Kier alpha value is -0.740. The van der Waals surface area contributed by atoms with Gasteiger partial charge in [0.25, 0.3) is 10.1 Å². The van der Waals surface area contributed by atoms with Crippen LogP contribution in [0.1, 0.15) is 13.3 Å². The average molecular weight is 328 g/mol. The van der Waals surface area contributed by atoms with Crippen molar-refractivity contribution in [3.05, 3.63) is 0 Å². The van der Waals surface area contributed by atoms with E-state index in [1.165, 1.54) is 0 Å². The van der Waals surface area contributed by atoms with E-state index in [-0.39, 0.29) is 25.6 Å². The van der Waals surface area contributed by atoms with E-state index in [0.717, 1.165) is 6.26 Å². The minimum atomic E-state index is -3.41. The maximum atomic E-state index is 11.0. The fourth-order valence-corrected chi connectivity index (χ4v) is 1.55. The Morgan fingerprint density at radius 1 is 0.857 bits per heavy atom. The summed E-state index contributed by atoms with van der Waals surface area (Å²) >= 11 is 0. The Morgan fingerprint density at radius 3 is 1.81 bits per heavy atom. The molecule has 126 valence electrons. The number of carbonyl (C=O) groups excluding carboxylic acids is 1. The molecule has 0 aliphatic carbocycles. The van der Waals surface area contributed by atoms with Crippen molar-refractivity contribution >= 4 is 16.1 Å². The quantitative estimate of drug-likeness (QED) is 0.249. The molecule has 0 aromatic rings. The van der Waals surface area contributed by atoms with E-state index in [9.17, 15) is 13.2 Å². The Labute approximate surface area is 125 Å². The maximum absolute atomic E-state index is 11.0. The predicted molar refractivity (Wildman–Crippen MR) is 74.5 cm³/mol. The van der Waals surface area contributed by atoms with Gasteiger partial charge in [0, 0.05) is 0 Å². The first-order chi connectivity index (χ1) is 9.95. The molecule has 0 fully saturated rings. The molecular weight excluding hydrogens is 304 g/mol. The molecule has 0 N–H and O–H groups in total. The molecule has 0 atom stereocenters. The zero-order valence-corrected chi connectivity index (χ0v) is 13.4. The number of rotatable bonds is 14. The smallest absolute Gasteiger partial charge is 0.308 e. The molecule has 0 unspecified atom stereocenters. The van der Waals surface area contributed by atoms with Gasteiger partial charge in [0.1, 0.15) is 0 Å². The van der Waals surface area contributed by atoms with Crippen molar-refractivity contribution in [1.82, 2.24) is 0 Å². The zero-order chi connectivity index (χ0) is 16.0. The first-order valence-electron chi connectivity index (χ1n) is 6.69. The normalized spacial score (nSPS) is 11.5. The highest BCUT2D eigenvalue weighted by molar-refractivity contribution is 7.85. The number of hydrogen-bond donors (Lipinski definition) is 0. The van der Waals surface area contributed by atoms with Crippen LogP contribution in [-0.4, -0.2) is 73.5 Å². The SMILES string of the molecule is CCOC(=O)CCOCCOCCOCCOS(C)(=O)=O. The van der Waals surface area contributed by atoms with E-state index < -0.39 is 10.1 Å². The van der Waals surface area contributed by atoms with Crippen LogP contribution in [0.4, 0.5) is 0 Å². The van der Waals surface area contributed by atoms with E-state index in [1.54, 1.807) is 6.92 Å². The Morgan fingerprint density at radius 2 is 1.33 bits per heavy atom. The predicted octanol–water partition coefficient (Wildman–Crippen LogP) is -0.0344. The molecule has 0 radical (unpaired) electrons. The summed E-state index contributed by atoms with van der Waals surface area (Å²) in [7, 11) is -3.41. The highest BCUT2D eigenvalue weighted by Gasteiger charge is 2.01. The van der Waals surface area contributed by atoms with Crippen LogP contribution >= 0.6 is 0 Å². The molecule has 0 saturated heterocycles. The third-order valence-corrected chi connectivity index (χ3v) is 2.62. The summed E-state index contributed by atoms with van der Waals surface area (Å²) in [6, 6.07) is 0. The summed E-state index contributed by atoms with van der Waals surface area (Å²) in [5, 5.41) is 0. The average Bonchev–Trinajstić information content (AvgIpc) is 2.39. The van der Waals surface area contributed by atoms with Gasteiger partial charge in [-0.25, -0.2) is 0 Å². The van der Waals surface area contributed by atoms with Gasteiger partial charge in [-0.1, -0.05) is 0 Å². The summed E-state index contributed by atoms with van der Waals surface area (Å²) in [6.45, 7) is 4.11. The van der Waals surface area contributed by atoms with E-state index in [2.05, 4.69) is 4.18 Å². The number of carbonyl (C=O) groups is 1. The summed E-state index contributed by atoms with van der Waals surface area (Å²) in [5.74, 6) is -0.275. The number of hydrogen-bond acceptors (Lipinski definition) is 8. The van der Waals surface area contributed by atoms with Crippen LogP contribution in [0.3, 0.4) is 0 Å². The fourth-order valence-electron chi connectivity index (χ4n) is 1.17. The van der Waals surface area contributed by atoms with Crippen molar-refractivity contribution in [3.63, 3.8) is 0 Å². The Kier molecular flexibility index (Phi) is 12.5. The highest BCUT2D eigenvalue weighted by Crippen LogP contribution is 1.89. The Balaban J connectivity index is 3.14. The molecule has 8 nitrogen and oxygen atoms in total. The second kappa shape index (κ2) is 13.0. The van der Waals surface area contributed by atoms with E-state index in [4.69, 9.17) is 18.9 Å². The second-order valence-corrected chi connectivity index (χ2v) is 5.56. The largest absolute Gasteiger partial charge is 0.466 e. The maximum Gasteiger partial charge on any atom is 0.308 e. The zero-order valence-electron chi connectivity index (χ0n) is 12.5. The molecule has 0 aliphatic heterocycles. The Bertz CT molecular complexity index is 354. The first kappa shape index (κ1) is 20.3. The molecule has 0 aromatic carbocycles. The molecule has 0 aliphatic rings. The van der Waals surface area contributed by atoms with Gasteiger partial charge in [-0.05, 0) is 6.92 Å². The molecular formula is C12H24O8S. The summed E-state index contributed by atoms with van der Waals surface area (Å²) < 4.78 is 46.0. The summed E-state index contributed by atoms with van der Waals surface area (Å²) in [5.41, 5.74) is 0. The molecule has 0 rings (SSSR count). The third-order valence-electron chi connectivity index (χ3n) is 2.02. The minimum absolute atomic E-state index is 0.00416. The molecule has 0 saturated carbocycles. The molecule has 9 heteroatoms. The second-order valence-electron chi connectivity index (χ2n) is 3.92. The van der Waals surface area contributed by atoms with Gasteiger partial charge < -0.3 is 18.9 Å². The lowest BCUT2D eigenvalue weighted by Crippen LogP contribution is -2.14. The number of ether oxygens (including phenoxy) is 4. The van der Waals surface area contributed by atoms with Gasteiger partial charge in [-0.2, -0.15) is 8.42 Å². The molecule has 0 heterocycles. The van der Waals surface area contributed by atoms with Crippen molar-refractivity contribution < 1.29 is 36.3 Å². The molecule has 0 bridgehead atoms. The van der Waals surface area contributed by atoms with Crippen LogP contribution in [0.2, 0.25) is 0 Å². The van der Waals surface area contributed by atoms with Gasteiger partial charge >= 0.3 is 5.97 Å². The van der Waals surface area contributed by atoms with Gasteiger partial charge in [-0.15, -0.1) is 0 Å². The van der Waals surface area contributed by atoms with Gasteiger partial charge in [-0.3, -0.25) is 8.98 Å². The minimum Gasteiger partial charge on any atom is -0.466 e. The monoisotopic (exact) mass is 328 g/mol. The first-order valence-corrected chi connectivity index (χ1v) is 8.50. The van der Waals surface area contributed by atoms with E-state index in [1.807, 2.05) is 0 Å². The lowest BCUT2D eigenvalue weighted by atomic mass is 10.5. The van der Waals surface area contributed by atoms with Crippen molar-refractivity contribution in [1.29, 1.82) is 0 Å². The van der Waals surface area contributed by atoms with Gasteiger partial charge in [0.15, 0.2) is 0 Å².